The fourth-order valence-electron chi connectivity index (χ4n) is 3.62. The molecule has 2 N–H and O–H groups in total. The Morgan fingerprint density at radius 3 is 3.00 bits per heavy atom. The van der Waals surface area contributed by atoms with Gasteiger partial charge in [-0.1, -0.05) is 17.7 Å². The highest BCUT2D eigenvalue weighted by Gasteiger charge is 2.48. The van der Waals surface area contributed by atoms with Crippen molar-refractivity contribution in [3.05, 3.63) is 45.3 Å². The number of aliphatic hydroxyl groups excluding tert-OH is 1. The van der Waals surface area contributed by atoms with Crippen LogP contribution in [0.15, 0.2) is 29.1 Å². The molecular weight excluding hydrogens is 416 g/mol. The molecule has 0 bridgehead atoms. The summed E-state index contributed by atoms with van der Waals surface area (Å²) in [6, 6.07) is 6.82. The molecule has 0 saturated carbocycles. The van der Waals surface area contributed by atoms with Crippen LogP contribution in [0.4, 0.5) is 0 Å². The van der Waals surface area contributed by atoms with Crippen LogP contribution >= 0.6 is 11.6 Å². The Labute approximate surface area is 175 Å². The second-order valence-corrected chi connectivity index (χ2v) is 7.62. The van der Waals surface area contributed by atoms with E-state index in [1.54, 1.807) is 25.2 Å². The van der Waals surface area contributed by atoms with Gasteiger partial charge in [0.05, 0.1) is 24.4 Å². The molecule has 30 heavy (non-hydrogen) atoms. The molecule has 3 aromatic rings. The SMILES string of the molecule is Cn1c(COc2nc3nc(O[C@@H]4CO[C@H]5[C@@H]4OC[C@H]5O)[nH]c3cc2Cl)cccc1=O. The molecule has 4 atom stereocenters. The molecule has 0 aromatic carbocycles. The van der Waals surface area contributed by atoms with E-state index >= 15 is 0 Å². The van der Waals surface area contributed by atoms with Crippen LogP contribution < -0.4 is 15.0 Å². The summed E-state index contributed by atoms with van der Waals surface area (Å²) in [5.41, 5.74) is 1.50. The number of aromatic nitrogens is 4. The van der Waals surface area contributed by atoms with Crippen LogP contribution in [0, 0.1) is 0 Å². The number of rotatable bonds is 5. The molecule has 0 unspecified atom stereocenters. The molecule has 5 heterocycles. The van der Waals surface area contributed by atoms with Gasteiger partial charge in [0.2, 0.25) is 5.88 Å². The van der Waals surface area contributed by atoms with Gasteiger partial charge in [-0.15, -0.1) is 0 Å². The molecule has 11 heteroatoms. The van der Waals surface area contributed by atoms with Crippen molar-refractivity contribution in [2.45, 2.75) is 31.0 Å². The monoisotopic (exact) mass is 434 g/mol. The average molecular weight is 435 g/mol. The first-order valence-electron chi connectivity index (χ1n) is 9.41. The van der Waals surface area contributed by atoms with E-state index in [0.717, 1.165) is 0 Å². The van der Waals surface area contributed by atoms with Crippen LogP contribution in [0.5, 0.6) is 11.9 Å². The number of pyridine rings is 2. The van der Waals surface area contributed by atoms with Crippen molar-refractivity contribution in [1.82, 2.24) is 19.5 Å². The van der Waals surface area contributed by atoms with E-state index in [2.05, 4.69) is 15.0 Å². The highest BCUT2D eigenvalue weighted by molar-refractivity contribution is 6.32. The van der Waals surface area contributed by atoms with Crippen LogP contribution in [0.25, 0.3) is 11.2 Å². The fourth-order valence-corrected chi connectivity index (χ4v) is 3.82. The summed E-state index contributed by atoms with van der Waals surface area (Å²) in [5, 5.41) is 10.1. The Kier molecular flexibility index (Phi) is 4.86. The number of nitrogens with zero attached hydrogens (tertiary/aromatic N) is 3. The number of halogens is 1. The van der Waals surface area contributed by atoms with Gasteiger partial charge in [-0.05, 0) is 12.1 Å². The molecule has 0 spiro atoms. The van der Waals surface area contributed by atoms with Crippen molar-refractivity contribution < 1.29 is 24.1 Å². The standard InChI is InChI=1S/C19H19ClN4O6/c1-24-9(3-2-4-14(24)26)6-29-18-10(20)5-11-17(22-18)23-19(21-11)30-13-8-28-15-12(25)7-27-16(13)15/h2-5,12-13,15-16,25H,6-8H2,1H3,(H,21,22,23)/t12-,13-,15-,16-/m1/s1. The normalized spacial score (nSPS) is 25.6. The van der Waals surface area contributed by atoms with Gasteiger partial charge >= 0.3 is 0 Å². The summed E-state index contributed by atoms with van der Waals surface area (Å²) in [7, 11) is 1.67. The van der Waals surface area contributed by atoms with Crippen molar-refractivity contribution in [1.29, 1.82) is 0 Å². The van der Waals surface area contributed by atoms with Gasteiger partial charge in [0.25, 0.3) is 11.6 Å². The van der Waals surface area contributed by atoms with Gasteiger partial charge in [-0.2, -0.15) is 9.97 Å². The van der Waals surface area contributed by atoms with E-state index in [1.165, 1.54) is 10.6 Å². The molecule has 0 radical (unpaired) electrons. The van der Waals surface area contributed by atoms with Crippen molar-refractivity contribution in [3.8, 4) is 11.9 Å². The molecule has 10 nitrogen and oxygen atoms in total. The number of nitrogens with one attached hydrogen (secondary N) is 1. The third kappa shape index (κ3) is 3.41. The Morgan fingerprint density at radius 1 is 1.30 bits per heavy atom. The number of aromatic amines is 1. The molecule has 158 valence electrons. The number of hydrogen-bond donors (Lipinski definition) is 2. The van der Waals surface area contributed by atoms with Gasteiger partial charge in [-0.25, -0.2) is 0 Å². The summed E-state index contributed by atoms with van der Waals surface area (Å²) in [4.78, 5) is 23.4. The Bertz CT molecular complexity index is 1150. The van der Waals surface area contributed by atoms with Gasteiger partial charge in [0, 0.05) is 13.1 Å². The van der Waals surface area contributed by atoms with E-state index in [-0.39, 0.29) is 42.9 Å². The number of aliphatic hydroxyl groups is 1. The lowest BCUT2D eigenvalue weighted by Gasteiger charge is -2.15. The van der Waals surface area contributed by atoms with Crippen LogP contribution in [-0.4, -0.2) is 62.3 Å². The first-order chi connectivity index (χ1) is 14.5. The van der Waals surface area contributed by atoms with Crippen molar-refractivity contribution in [2.24, 2.45) is 7.05 Å². The Balaban J connectivity index is 1.33. The fraction of sp³-hybridized carbons (Fsp3) is 0.421. The number of H-pyrrole nitrogens is 1. The Hall–Kier alpha value is -2.66. The molecule has 2 aliphatic rings. The molecule has 2 fully saturated rings. The lowest BCUT2D eigenvalue weighted by molar-refractivity contribution is 0.00706. The zero-order chi connectivity index (χ0) is 20.8. The topological polar surface area (TPSA) is 121 Å². The van der Waals surface area contributed by atoms with E-state index in [0.29, 0.717) is 28.5 Å². The Morgan fingerprint density at radius 2 is 2.13 bits per heavy atom. The second-order valence-electron chi connectivity index (χ2n) is 7.21. The van der Waals surface area contributed by atoms with Crippen LogP contribution in [0.2, 0.25) is 5.02 Å². The van der Waals surface area contributed by atoms with E-state index in [4.69, 9.17) is 30.5 Å². The average Bonchev–Trinajstić information content (AvgIpc) is 3.40. The van der Waals surface area contributed by atoms with E-state index < -0.39 is 12.2 Å². The summed E-state index contributed by atoms with van der Waals surface area (Å²) < 4.78 is 24.2. The molecule has 2 aliphatic heterocycles. The van der Waals surface area contributed by atoms with Gasteiger partial charge in [0.1, 0.15) is 29.9 Å². The number of fused-ring (bicyclic) bond motifs is 2. The van der Waals surface area contributed by atoms with Gasteiger partial charge in [-0.3, -0.25) is 4.79 Å². The third-order valence-corrected chi connectivity index (χ3v) is 5.53. The third-order valence-electron chi connectivity index (χ3n) is 5.26. The predicted octanol–water partition coefficient (Wildman–Crippen LogP) is 0.795. The lowest BCUT2D eigenvalue weighted by Crippen LogP contribution is -2.34. The molecule has 0 amide bonds. The largest absolute Gasteiger partial charge is 0.470 e. The minimum atomic E-state index is -0.649. The molecular formula is C19H19ClN4O6. The van der Waals surface area contributed by atoms with Crippen molar-refractivity contribution >= 4 is 22.8 Å². The minimum absolute atomic E-state index is 0.126. The molecule has 5 rings (SSSR count). The first kappa shape index (κ1) is 19.3. The maximum Gasteiger partial charge on any atom is 0.296 e. The predicted molar refractivity (Wildman–Crippen MR) is 105 cm³/mol. The van der Waals surface area contributed by atoms with E-state index in [9.17, 15) is 9.90 Å². The van der Waals surface area contributed by atoms with Crippen LogP contribution in [-0.2, 0) is 23.1 Å². The highest BCUT2D eigenvalue weighted by Crippen LogP contribution is 2.31. The molecule has 3 aromatic heterocycles. The van der Waals surface area contributed by atoms with Crippen LogP contribution in [0.1, 0.15) is 5.69 Å². The van der Waals surface area contributed by atoms with Crippen molar-refractivity contribution in [2.75, 3.05) is 13.2 Å². The zero-order valence-corrected chi connectivity index (χ0v) is 16.7. The molecule has 2 saturated heterocycles. The number of imidazole rings is 1. The summed E-state index contributed by atoms with van der Waals surface area (Å²) in [6.45, 7) is 0.642. The number of hydrogen-bond acceptors (Lipinski definition) is 8. The second kappa shape index (κ2) is 7.55. The summed E-state index contributed by atoms with van der Waals surface area (Å²) in [5.74, 6) is 0.199. The summed E-state index contributed by atoms with van der Waals surface area (Å²) in [6.07, 6.45) is -1.77. The maximum absolute atomic E-state index is 11.7. The first-order valence-corrected chi connectivity index (χ1v) is 9.79. The lowest BCUT2D eigenvalue weighted by atomic mass is 10.1. The van der Waals surface area contributed by atoms with Crippen molar-refractivity contribution in [3.63, 3.8) is 0 Å². The zero-order valence-electron chi connectivity index (χ0n) is 15.9. The molecule has 0 aliphatic carbocycles. The quantitative estimate of drug-likeness (QED) is 0.604. The smallest absolute Gasteiger partial charge is 0.296 e. The van der Waals surface area contributed by atoms with Crippen LogP contribution in [0.3, 0.4) is 0 Å². The highest BCUT2D eigenvalue weighted by atomic mass is 35.5. The van der Waals surface area contributed by atoms with Gasteiger partial charge in [0.15, 0.2) is 11.8 Å². The summed E-state index contributed by atoms with van der Waals surface area (Å²) >= 11 is 6.30. The maximum atomic E-state index is 11.7. The number of ether oxygens (including phenoxy) is 4. The van der Waals surface area contributed by atoms with E-state index in [1.807, 2.05) is 0 Å². The van der Waals surface area contributed by atoms with Gasteiger partial charge < -0.3 is 33.6 Å². The minimum Gasteiger partial charge on any atom is -0.470 e.